The smallest absolute Gasteiger partial charge is 0.305 e. The average molecular weight is 295 g/mol. The van der Waals surface area contributed by atoms with Gasteiger partial charge < -0.3 is 15.2 Å². The number of benzene rings is 1. The molecule has 0 spiro atoms. The molecule has 0 bridgehead atoms. The van der Waals surface area contributed by atoms with E-state index < -0.39 is 17.8 Å². The molecule has 114 valence electrons. The molecular formula is C15H18FNO4. The lowest BCUT2D eigenvalue weighted by molar-refractivity contribution is -0.137. The van der Waals surface area contributed by atoms with Crippen molar-refractivity contribution in [3.05, 3.63) is 35.6 Å². The summed E-state index contributed by atoms with van der Waals surface area (Å²) < 4.78 is 18.3. The van der Waals surface area contributed by atoms with E-state index in [0.717, 1.165) is 12.8 Å². The van der Waals surface area contributed by atoms with Crippen LogP contribution in [0.5, 0.6) is 0 Å². The Bertz CT molecular complexity index is 497. The summed E-state index contributed by atoms with van der Waals surface area (Å²) >= 11 is 0. The zero-order valence-electron chi connectivity index (χ0n) is 11.5. The molecule has 1 aliphatic heterocycles. The van der Waals surface area contributed by atoms with Gasteiger partial charge in [0.25, 0.3) is 0 Å². The van der Waals surface area contributed by atoms with Gasteiger partial charge in [0.05, 0.1) is 25.0 Å². The fourth-order valence-electron chi connectivity index (χ4n) is 2.39. The van der Waals surface area contributed by atoms with Crippen LogP contribution in [0.1, 0.15) is 37.3 Å². The first-order chi connectivity index (χ1) is 10.0. The number of carbonyl (C=O) groups is 2. The van der Waals surface area contributed by atoms with E-state index in [1.807, 2.05) is 0 Å². The molecule has 1 aliphatic rings. The zero-order chi connectivity index (χ0) is 15.2. The van der Waals surface area contributed by atoms with Crippen LogP contribution in [0.2, 0.25) is 0 Å². The number of rotatable bonds is 6. The first-order valence-electron chi connectivity index (χ1n) is 6.93. The molecule has 5 nitrogen and oxygen atoms in total. The summed E-state index contributed by atoms with van der Waals surface area (Å²) in [5.74, 6) is -1.68. The average Bonchev–Trinajstić information content (AvgIpc) is 2.91. The van der Waals surface area contributed by atoms with Crippen LogP contribution in [-0.4, -0.2) is 29.7 Å². The zero-order valence-corrected chi connectivity index (χ0v) is 11.5. The molecule has 0 aliphatic carbocycles. The van der Waals surface area contributed by atoms with Crippen molar-refractivity contribution in [2.24, 2.45) is 0 Å². The summed E-state index contributed by atoms with van der Waals surface area (Å²) in [6.07, 6.45) is 1.66. The van der Waals surface area contributed by atoms with E-state index in [-0.39, 0.29) is 24.9 Å². The highest BCUT2D eigenvalue weighted by Gasteiger charge is 2.22. The predicted octanol–water partition coefficient (Wildman–Crippen LogP) is 2.03. The third kappa shape index (κ3) is 4.82. The summed E-state index contributed by atoms with van der Waals surface area (Å²) in [5, 5.41) is 11.6. The van der Waals surface area contributed by atoms with Crippen LogP contribution in [0.15, 0.2) is 24.3 Å². The molecule has 2 N–H and O–H groups in total. The van der Waals surface area contributed by atoms with Gasteiger partial charge in [-0.1, -0.05) is 12.1 Å². The topological polar surface area (TPSA) is 75.6 Å². The molecule has 2 atom stereocenters. The number of aliphatic carboxylic acids is 1. The molecule has 1 aromatic rings. The number of carbonyl (C=O) groups excluding carboxylic acids is 1. The van der Waals surface area contributed by atoms with Crippen molar-refractivity contribution in [3.8, 4) is 0 Å². The fourth-order valence-corrected chi connectivity index (χ4v) is 2.39. The van der Waals surface area contributed by atoms with Crippen LogP contribution in [0.3, 0.4) is 0 Å². The number of nitrogens with one attached hydrogen (secondary N) is 1. The number of ether oxygens (including phenoxy) is 1. The molecule has 1 fully saturated rings. The second-order valence-electron chi connectivity index (χ2n) is 5.11. The monoisotopic (exact) mass is 295 g/mol. The second-order valence-corrected chi connectivity index (χ2v) is 5.11. The minimum atomic E-state index is -1.03. The van der Waals surface area contributed by atoms with Gasteiger partial charge in [-0.15, -0.1) is 0 Å². The van der Waals surface area contributed by atoms with Crippen LogP contribution in [0.25, 0.3) is 0 Å². The predicted molar refractivity (Wildman–Crippen MR) is 73.1 cm³/mol. The fraction of sp³-hybridized carbons (Fsp3) is 0.467. The van der Waals surface area contributed by atoms with Crippen molar-refractivity contribution < 1.29 is 23.8 Å². The molecule has 0 aromatic heterocycles. The van der Waals surface area contributed by atoms with Gasteiger partial charge in [0.1, 0.15) is 5.82 Å². The summed E-state index contributed by atoms with van der Waals surface area (Å²) in [6.45, 7) is 0.661. The van der Waals surface area contributed by atoms with E-state index in [4.69, 9.17) is 9.84 Å². The van der Waals surface area contributed by atoms with Crippen molar-refractivity contribution in [3.63, 3.8) is 0 Å². The molecule has 21 heavy (non-hydrogen) atoms. The maximum Gasteiger partial charge on any atom is 0.305 e. The Morgan fingerprint density at radius 2 is 2.10 bits per heavy atom. The van der Waals surface area contributed by atoms with Crippen LogP contribution >= 0.6 is 0 Å². The quantitative estimate of drug-likeness (QED) is 0.842. The highest BCUT2D eigenvalue weighted by atomic mass is 19.1. The summed E-state index contributed by atoms with van der Waals surface area (Å²) in [4.78, 5) is 22.9. The Hall–Kier alpha value is -1.95. The first-order valence-corrected chi connectivity index (χ1v) is 6.93. The molecule has 1 heterocycles. The van der Waals surface area contributed by atoms with E-state index in [2.05, 4.69) is 5.32 Å². The number of carboxylic acids is 1. The number of hydrogen-bond donors (Lipinski definition) is 2. The van der Waals surface area contributed by atoms with Gasteiger partial charge in [0, 0.05) is 6.61 Å². The number of hydrogen-bond acceptors (Lipinski definition) is 3. The third-order valence-corrected chi connectivity index (χ3v) is 3.42. The highest BCUT2D eigenvalue weighted by molar-refractivity contribution is 5.78. The van der Waals surface area contributed by atoms with E-state index >= 15 is 0 Å². The molecule has 1 amide bonds. The summed E-state index contributed by atoms with van der Waals surface area (Å²) in [7, 11) is 0. The Kier molecular flexibility index (Phi) is 5.27. The van der Waals surface area contributed by atoms with Gasteiger partial charge in [0.15, 0.2) is 0 Å². The van der Waals surface area contributed by atoms with Crippen molar-refractivity contribution in [2.45, 2.75) is 37.8 Å². The minimum absolute atomic E-state index is 0.0938. The first kappa shape index (κ1) is 15.4. The van der Waals surface area contributed by atoms with Crippen LogP contribution in [0, 0.1) is 5.82 Å². The molecule has 1 saturated heterocycles. The van der Waals surface area contributed by atoms with Crippen LogP contribution in [-0.2, 0) is 14.3 Å². The van der Waals surface area contributed by atoms with E-state index in [0.29, 0.717) is 12.2 Å². The number of halogens is 1. The maximum atomic E-state index is 12.9. The lowest BCUT2D eigenvalue weighted by Crippen LogP contribution is -2.32. The van der Waals surface area contributed by atoms with Crippen molar-refractivity contribution in [1.82, 2.24) is 5.32 Å². The normalized spacial score (nSPS) is 19.2. The lowest BCUT2D eigenvalue weighted by atomic mass is 10.0. The van der Waals surface area contributed by atoms with Gasteiger partial charge in [-0.3, -0.25) is 9.59 Å². The van der Waals surface area contributed by atoms with E-state index in [9.17, 15) is 14.0 Å². The Balaban J connectivity index is 1.99. The Morgan fingerprint density at radius 1 is 1.38 bits per heavy atom. The maximum absolute atomic E-state index is 12.9. The molecular weight excluding hydrogens is 277 g/mol. The van der Waals surface area contributed by atoms with Crippen molar-refractivity contribution >= 4 is 11.9 Å². The van der Waals surface area contributed by atoms with Gasteiger partial charge in [0.2, 0.25) is 5.91 Å². The molecule has 0 radical (unpaired) electrons. The minimum Gasteiger partial charge on any atom is -0.481 e. The number of carboxylic acid groups (broad SMARTS) is 1. The van der Waals surface area contributed by atoms with Gasteiger partial charge in [-0.05, 0) is 30.5 Å². The van der Waals surface area contributed by atoms with Crippen LogP contribution in [0.4, 0.5) is 4.39 Å². The van der Waals surface area contributed by atoms with Crippen molar-refractivity contribution in [1.29, 1.82) is 0 Å². The SMILES string of the molecule is O=C(O)C[C@@H](NC(=O)C[C@@H]1CCCO1)c1ccc(F)cc1. The summed E-state index contributed by atoms with van der Waals surface area (Å²) in [5.41, 5.74) is 0.569. The Labute approximate surface area is 122 Å². The second kappa shape index (κ2) is 7.17. The number of amides is 1. The standard InChI is InChI=1S/C15H18FNO4/c16-11-5-3-10(4-6-11)13(9-15(19)20)17-14(18)8-12-2-1-7-21-12/h3-6,12-13H,1-2,7-9H2,(H,17,18)(H,19,20)/t12-,13+/m0/s1. The largest absolute Gasteiger partial charge is 0.481 e. The lowest BCUT2D eigenvalue weighted by Gasteiger charge is -2.18. The molecule has 1 aromatic carbocycles. The van der Waals surface area contributed by atoms with Gasteiger partial charge in [-0.2, -0.15) is 0 Å². The summed E-state index contributed by atoms with van der Waals surface area (Å²) in [6, 6.07) is 4.79. The van der Waals surface area contributed by atoms with Gasteiger partial charge >= 0.3 is 5.97 Å². The molecule has 2 rings (SSSR count). The van der Waals surface area contributed by atoms with Gasteiger partial charge in [-0.25, -0.2) is 4.39 Å². The molecule has 0 unspecified atom stereocenters. The Morgan fingerprint density at radius 3 is 2.67 bits per heavy atom. The van der Waals surface area contributed by atoms with E-state index in [1.54, 1.807) is 0 Å². The molecule has 0 saturated carbocycles. The molecule has 6 heteroatoms. The third-order valence-electron chi connectivity index (χ3n) is 3.42. The van der Waals surface area contributed by atoms with E-state index in [1.165, 1.54) is 24.3 Å². The van der Waals surface area contributed by atoms with Crippen molar-refractivity contribution in [2.75, 3.05) is 6.61 Å². The highest BCUT2D eigenvalue weighted by Crippen LogP contribution is 2.19. The van der Waals surface area contributed by atoms with Crippen LogP contribution < -0.4 is 5.32 Å².